The normalized spacial score (nSPS) is 15.9. The average Bonchev–Trinajstić information content (AvgIpc) is 3.17. The van der Waals surface area contributed by atoms with Crippen molar-refractivity contribution in [2.45, 2.75) is 6.17 Å². The van der Waals surface area contributed by atoms with E-state index < -0.39 is 6.17 Å². The van der Waals surface area contributed by atoms with Crippen LogP contribution in [0.15, 0.2) is 70.3 Å². The van der Waals surface area contributed by atoms with Crippen molar-refractivity contribution in [3.05, 3.63) is 77.5 Å². The largest absolute Gasteiger partial charge is 0.497 e. The molecule has 6 nitrogen and oxygen atoms in total. The van der Waals surface area contributed by atoms with E-state index in [1.165, 1.54) is 12.1 Å². The van der Waals surface area contributed by atoms with Gasteiger partial charge < -0.3 is 24.5 Å². The molecule has 0 aliphatic carbocycles. The van der Waals surface area contributed by atoms with Crippen LogP contribution in [0.5, 0.6) is 11.5 Å². The van der Waals surface area contributed by atoms with Gasteiger partial charge >= 0.3 is 0 Å². The van der Waals surface area contributed by atoms with E-state index in [2.05, 4.69) is 4.99 Å². The predicted molar refractivity (Wildman–Crippen MR) is 98.2 cm³/mol. The lowest BCUT2D eigenvalue weighted by Crippen LogP contribution is -2.49. The molecule has 138 valence electrons. The molecule has 0 spiro atoms. The molecule has 4 rings (SSSR count). The zero-order chi connectivity index (χ0) is 18.8. The zero-order valence-corrected chi connectivity index (χ0v) is 14.6. The van der Waals surface area contributed by atoms with E-state index in [-0.39, 0.29) is 12.4 Å². The molecule has 0 fully saturated rings. The van der Waals surface area contributed by atoms with Gasteiger partial charge in [0.25, 0.3) is 0 Å². The van der Waals surface area contributed by atoms with Gasteiger partial charge in [-0.05, 0) is 54.6 Å². The van der Waals surface area contributed by atoms with Crippen molar-refractivity contribution in [2.75, 3.05) is 18.6 Å². The van der Waals surface area contributed by atoms with Crippen LogP contribution in [0.1, 0.15) is 0 Å². The summed E-state index contributed by atoms with van der Waals surface area (Å²) >= 11 is 0. The van der Waals surface area contributed by atoms with Crippen LogP contribution in [0.3, 0.4) is 0 Å². The zero-order valence-electron chi connectivity index (χ0n) is 14.6. The summed E-state index contributed by atoms with van der Waals surface area (Å²) in [5.74, 6) is 1.49. The molecule has 1 unspecified atom stereocenters. The SMILES string of the molecule is COc1ccc(N2C(N)=c3ccoc3=NC2COc2ccc(F)cc2)cc1. The first-order valence-electron chi connectivity index (χ1n) is 8.38. The minimum Gasteiger partial charge on any atom is -0.497 e. The summed E-state index contributed by atoms with van der Waals surface area (Å²) < 4.78 is 29.5. The topological polar surface area (TPSA) is 73.2 Å². The van der Waals surface area contributed by atoms with Crippen LogP contribution < -0.4 is 30.9 Å². The molecule has 0 radical (unpaired) electrons. The summed E-state index contributed by atoms with van der Waals surface area (Å²) in [6.45, 7) is 0.207. The molecule has 3 aromatic rings. The number of fused-ring (bicyclic) bond motifs is 1. The lowest BCUT2D eigenvalue weighted by Gasteiger charge is -2.32. The summed E-state index contributed by atoms with van der Waals surface area (Å²) in [5, 5.41) is 0.726. The van der Waals surface area contributed by atoms with Gasteiger partial charge in [-0.2, -0.15) is 0 Å². The summed E-state index contributed by atoms with van der Waals surface area (Å²) in [4.78, 5) is 6.49. The van der Waals surface area contributed by atoms with Crippen molar-refractivity contribution < 1.29 is 18.3 Å². The van der Waals surface area contributed by atoms with Gasteiger partial charge in [-0.1, -0.05) is 0 Å². The maximum atomic E-state index is 13.1. The molecular formula is C20H18FN3O3. The maximum absolute atomic E-state index is 13.1. The van der Waals surface area contributed by atoms with Crippen LogP contribution in [-0.2, 0) is 0 Å². The average molecular weight is 367 g/mol. The van der Waals surface area contributed by atoms with Gasteiger partial charge in [0.1, 0.15) is 29.7 Å². The predicted octanol–water partition coefficient (Wildman–Crippen LogP) is 2.00. The fourth-order valence-electron chi connectivity index (χ4n) is 2.95. The Morgan fingerprint density at radius 3 is 2.48 bits per heavy atom. The molecule has 0 bridgehead atoms. The van der Waals surface area contributed by atoms with Crippen molar-refractivity contribution >= 4 is 11.5 Å². The molecule has 2 aromatic carbocycles. The Bertz CT molecular complexity index is 1050. The maximum Gasteiger partial charge on any atom is 0.227 e. The van der Waals surface area contributed by atoms with Crippen LogP contribution in [0.2, 0.25) is 0 Å². The first kappa shape index (κ1) is 17.0. The lowest BCUT2D eigenvalue weighted by molar-refractivity contribution is 0.283. The van der Waals surface area contributed by atoms with Gasteiger partial charge in [0, 0.05) is 5.69 Å². The second-order valence-corrected chi connectivity index (χ2v) is 5.97. The summed E-state index contributed by atoms with van der Waals surface area (Å²) in [7, 11) is 1.61. The molecule has 27 heavy (non-hydrogen) atoms. The quantitative estimate of drug-likeness (QED) is 0.747. The standard InChI is InChI=1S/C20H18FN3O3/c1-25-15-8-4-14(5-9-15)24-18(12-27-16-6-2-13(21)3-7-16)23-20-17(19(24)22)10-11-26-20/h2-11,18H,12,22H2,1H3. The highest BCUT2D eigenvalue weighted by molar-refractivity contribution is 5.68. The molecule has 1 aliphatic rings. The van der Waals surface area contributed by atoms with E-state index in [0.29, 0.717) is 17.1 Å². The number of hydrogen-bond acceptors (Lipinski definition) is 6. The summed E-state index contributed by atoms with van der Waals surface area (Å²) in [6, 6.07) is 15.1. The van der Waals surface area contributed by atoms with E-state index in [4.69, 9.17) is 19.6 Å². The highest BCUT2D eigenvalue weighted by Crippen LogP contribution is 2.25. The van der Waals surface area contributed by atoms with Crippen molar-refractivity contribution in [1.29, 1.82) is 0 Å². The number of nitrogens with two attached hydrogens (primary N) is 1. The first-order chi connectivity index (χ1) is 13.2. The molecule has 1 atom stereocenters. The number of benzene rings is 2. The number of anilines is 1. The molecule has 7 heteroatoms. The van der Waals surface area contributed by atoms with Crippen LogP contribution in [0, 0.1) is 5.82 Å². The Labute approximate surface area is 154 Å². The van der Waals surface area contributed by atoms with Crippen molar-refractivity contribution in [1.82, 2.24) is 0 Å². The van der Waals surface area contributed by atoms with E-state index in [0.717, 1.165) is 16.7 Å². The number of ether oxygens (including phenoxy) is 2. The molecule has 0 amide bonds. The highest BCUT2D eigenvalue weighted by Gasteiger charge is 2.26. The minimum absolute atomic E-state index is 0.207. The fraction of sp³-hybridized carbons (Fsp3) is 0.150. The fourth-order valence-corrected chi connectivity index (χ4v) is 2.95. The van der Waals surface area contributed by atoms with E-state index >= 15 is 0 Å². The van der Waals surface area contributed by atoms with E-state index in [9.17, 15) is 4.39 Å². The number of methoxy groups -OCH3 is 1. The molecule has 0 saturated heterocycles. The molecular weight excluding hydrogens is 349 g/mol. The van der Waals surface area contributed by atoms with Gasteiger partial charge in [0.15, 0.2) is 6.17 Å². The number of furan rings is 1. The third-order valence-electron chi connectivity index (χ3n) is 4.31. The Balaban J connectivity index is 1.67. The third-order valence-corrected chi connectivity index (χ3v) is 4.31. The summed E-state index contributed by atoms with van der Waals surface area (Å²) in [5.41, 5.74) is 7.71. The van der Waals surface area contributed by atoms with Crippen molar-refractivity contribution in [3.8, 4) is 11.5 Å². The van der Waals surface area contributed by atoms with Crippen LogP contribution in [0.4, 0.5) is 10.1 Å². The molecule has 2 N–H and O–H groups in total. The minimum atomic E-state index is -0.443. The Morgan fingerprint density at radius 1 is 1.07 bits per heavy atom. The van der Waals surface area contributed by atoms with Gasteiger partial charge in [-0.15, -0.1) is 0 Å². The highest BCUT2D eigenvalue weighted by atomic mass is 19.1. The van der Waals surface area contributed by atoms with Gasteiger partial charge in [0.2, 0.25) is 5.55 Å². The number of halogens is 1. The van der Waals surface area contributed by atoms with Crippen LogP contribution in [0.25, 0.3) is 5.82 Å². The molecule has 1 aromatic heterocycles. The monoisotopic (exact) mass is 367 g/mol. The second kappa shape index (κ2) is 7.03. The second-order valence-electron chi connectivity index (χ2n) is 5.97. The van der Waals surface area contributed by atoms with Gasteiger partial charge in [-0.3, -0.25) is 0 Å². The Morgan fingerprint density at radius 2 is 1.78 bits per heavy atom. The third kappa shape index (κ3) is 3.31. The Kier molecular flexibility index (Phi) is 4.42. The number of hydrogen-bond donors (Lipinski definition) is 1. The van der Waals surface area contributed by atoms with Crippen LogP contribution in [-0.4, -0.2) is 19.9 Å². The molecule has 0 saturated carbocycles. The lowest BCUT2D eigenvalue weighted by atomic mass is 10.2. The Hall–Kier alpha value is -3.48. The summed E-state index contributed by atoms with van der Waals surface area (Å²) in [6.07, 6.45) is 1.11. The van der Waals surface area contributed by atoms with Crippen LogP contribution >= 0.6 is 0 Å². The van der Waals surface area contributed by atoms with E-state index in [1.807, 2.05) is 29.2 Å². The smallest absolute Gasteiger partial charge is 0.227 e. The van der Waals surface area contributed by atoms with E-state index in [1.54, 1.807) is 31.6 Å². The molecule has 2 heterocycles. The van der Waals surface area contributed by atoms with Gasteiger partial charge in [-0.25, -0.2) is 9.38 Å². The molecule has 1 aliphatic heterocycles. The number of rotatable bonds is 5. The first-order valence-corrected chi connectivity index (χ1v) is 8.38. The number of nitrogens with zero attached hydrogens (tertiary/aromatic N) is 2. The van der Waals surface area contributed by atoms with Crippen molar-refractivity contribution in [3.63, 3.8) is 0 Å². The van der Waals surface area contributed by atoms with Gasteiger partial charge in [0.05, 0.1) is 18.6 Å². The van der Waals surface area contributed by atoms with Crippen molar-refractivity contribution in [2.24, 2.45) is 10.7 Å².